The van der Waals surface area contributed by atoms with E-state index in [1.54, 1.807) is 11.3 Å². The van der Waals surface area contributed by atoms with Gasteiger partial charge < -0.3 is 14.9 Å². The van der Waals surface area contributed by atoms with Crippen LogP contribution in [-0.4, -0.2) is 33.7 Å². The third-order valence-electron chi connectivity index (χ3n) is 3.74. The van der Waals surface area contributed by atoms with Crippen LogP contribution in [0.3, 0.4) is 0 Å². The average Bonchev–Trinajstić information content (AvgIpc) is 2.91. The summed E-state index contributed by atoms with van der Waals surface area (Å²) < 4.78 is 5.10. The van der Waals surface area contributed by atoms with E-state index in [9.17, 15) is 9.59 Å². The molecule has 0 atom stereocenters. The van der Waals surface area contributed by atoms with Crippen molar-refractivity contribution >= 4 is 23.2 Å². The number of hydrogen-bond donors (Lipinski definition) is 2. The van der Waals surface area contributed by atoms with E-state index in [1.807, 2.05) is 16.8 Å². The number of carboxylic acids is 1. The SMILES string of the molecule is O=C(CCc1nc(-c2ccsc2)no1)NCC1(C(=O)O)CC1. The normalized spacial score (nSPS) is 15.5. The number of aryl methyl sites for hydroxylation is 1. The molecule has 0 unspecified atom stereocenters. The fourth-order valence-corrected chi connectivity index (χ4v) is 2.69. The Kier molecular flexibility index (Phi) is 3.93. The smallest absolute Gasteiger partial charge is 0.311 e. The van der Waals surface area contributed by atoms with Gasteiger partial charge in [-0.25, -0.2) is 0 Å². The van der Waals surface area contributed by atoms with E-state index in [-0.39, 0.29) is 18.9 Å². The molecule has 1 aliphatic carbocycles. The Morgan fingerprint density at radius 1 is 1.45 bits per heavy atom. The second-order valence-electron chi connectivity index (χ2n) is 5.39. The van der Waals surface area contributed by atoms with Crippen LogP contribution in [0.5, 0.6) is 0 Å². The maximum Gasteiger partial charge on any atom is 0.311 e. The summed E-state index contributed by atoms with van der Waals surface area (Å²) in [6.45, 7) is 0.186. The van der Waals surface area contributed by atoms with Crippen LogP contribution in [0.2, 0.25) is 0 Å². The van der Waals surface area contributed by atoms with Gasteiger partial charge in [-0.15, -0.1) is 0 Å². The van der Waals surface area contributed by atoms with Crippen LogP contribution in [0.4, 0.5) is 0 Å². The lowest BCUT2D eigenvalue weighted by Gasteiger charge is -2.10. The lowest BCUT2D eigenvalue weighted by Crippen LogP contribution is -2.34. The third-order valence-corrected chi connectivity index (χ3v) is 4.43. The monoisotopic (exact) mass is 321 g/mol. The topological polar surface area (TPSA) is 105 Å². The summed E-state index contributed by atoms with van der Waals surface area (Å²) in [5, 5.41) is 19.4. The second-order valence-corrected chi connectivity index (χ2v) is 6.17. The standard InChI is InChI=1S/C14H15N3O4S/c18-10(15-8-14(4-5-14)13(19)20)1-2-11-16-12(17-21-11)9-3-6-22-7-9/h3,6-7H,1-2,4-5,8H2,(H,15,18)(H,19,20). The van der Waals surface area contributed by atoms with Gasteiger partial charge in [0.25, 0.3) is 0 Å². The highest BCUT2D eigenvalue weighted by Gasteiger charge is 2.50. The van der Waals surface area contributed by atoms with Gasteiger partial charge >= 0.3 is 5.97 Å². The number of carboxylic acid groups (broad SMARTS) is 1. The second kappa shape index (κ2) is 5.88. The fourth-order valence-electron chi connectivity index (χ4n) is 2.06. The van der Waals surface area contributed by atoms with Gasteiger partial charge in [-0.05, 0) is 24.3 Å². The first-order chi connectivity index (χ1) is 10.6. The number of thiophene rings is 1. The minimum Gasteiger partial charge on any atom is -0.481 e. The largest absolute Gasteiger partial charge is 0.481 e. The van der Waals surface area contributed by atoms with Gasteiger partial charge in [0.1, 0.15) is 0 Å². The van der Waals surface area contributed by atoms with Crippen molar-refractivity contribution in [2.24, 2.45) is 5.41 Å². The molecular weight excluding hydrogens is 306 g/mol. The minimum absolute atomic E-state index is 0.186. The zero-order valence-corrected chi connectivity index (χ0v) is 12.6. The van der Waals surface area contributed by atoms with E-state index in [0.29, 0.717) is 31.0 Å². The van der Waals surface area contributed by atoms with Gasteiger partial charge in [0, 0.05) is 30.3 Å². The molecule has 1 amide bonds. The molecule has 2 heterocycles. The number of hydrogen-bond acceptors (Lipinski definition) is 6. The molecule has 3 rings (SSSR count). The first-order valence-electron chi connectivity index (χ1n) is 6.94. The van der Waals surface area contributed by atoms with Crippen LogP contribution < -0.4 is 5.32 Å². The number of nitrogens with one attached hydrogen (secondary N) is 1. The molecule has 8 heteroatoms. The first-order valence-corrected chi connectivity index (χ1v) is 7.89. The highest BCUT2D eigenvalue weighted by atomic mass is 32.1. The fraction of sp³-hybridized carbons (Fsp3) is 0.429. The van der Waals surface area contributed by atoms with Crippen molar-refractivity contribution in [2.45, 2.75) is 25.7 Å². The Bertz CT molecular complexity index is 676. The highest BCUT2D eigenvalue weighted by molar-refractivity contribution is 7.08. The zero-order valence-electron chi connectivity index (χ0n) is 11.7. The van der Waals surface area contributed by atoms with Gasteiger partial charge in [-0.1, -0.05) is 5.16 Å². The number of aromatic nitrogens is 2. The molecule has 1 aliphatic rings. The molecule has 0 aromatic carbocycles. The Labute approximate surface area is 130 Å². The van der Waals surface area contributed by atoms with E-state index in [0.717, 1.165) is 5.56 Å². The predicted octanol–water partition coefficient (Wildman–Crippen LogP) is 1.71. The zero-order chi connectivity index (χ0) is 15.6. The summed E-state index contributed by atoms with van der Waals surface area (Å²) in [5.41, 5.74) is 0.147. The third kappa shape index (κ3) is 3.16. The molecule has 2 N–H and O–H groups in total. The van der Waals surface area contributed by atoms with Crippen molar-refractivity contribution in [1.82, 2.24) is 15.5 Å². The summed E-state index contributed by atoms with van der Waals surface area (Å²) in [4.78, 5) is 27.0. The van der Waals surface area contributed by atoms with Crippen molar-refractivity contribution in [2.75, 3.05) is 6.54 Å². The molecule has 116 valence electrons. The molecule has 0 aliphatic heterocycles. The molecule has 0 bridgehead atoms. The number of amides is 1. The van der Waals surface area contributed by atoms with E-state index < -0.39 is 11.4 Å². The van der Waals surface area contributed by atoms with Crippen molar-refractivity contribution in [3.8, 4) is 11.4 Å². The highest BCUT2D eigenvalue weighted by Crippen LogP contribution is 2.45. The van der Waals surface area contributed by atoms with E-state index in [2.05, 4.69) is 15.5 Å². The van der Waals surface area contributed by atoms with Crippen LogP contribution in [-0.2, 0) is 16.0 Å². The van der Waals surface area contributed by atoms with Gasteiger partial charge in [0.15, 0.2) is 0 Å². The number of nitrogens with zero attached hydrogens (tertiary/aromatic N) is 2. The van der Waals surface area contributed by atoms with Crippen molar-refractivity contribution < 1.29 is 19.2 Å². The minimum atomic E-state index is -0.842. The maximum absolute atomic E-state index is 11.8. The average molecular weight is 321 g/mol. The first kappa shape index (κ1) is 14.7. The van der Waals surface area contributed by atoms with Gasteiger partial charge in [-0.2, -0.15) is 16.3 Å². The van der Waals surface area contributed by atoms with E-state index in [1.165, 1.54) is 0 Å². The van der Waals surface area contributed by atoms with Crippen LogP contribution in [0.15, 0.2) is 21.3 Å². The Morgan fingerprint density at radius 3 is 2.91 bits per heavy atom. The molecule has 1 fully saturated rings. The molecule has 2 aromatic heterocycles. The van der Waals surface area contributed by atoms with Crippen molar-refractivity contribution in [1.29, 1.82) is 0 Å². The maximum atomic E-state index is 11.8. The summed E-state index contributed by atoms with van der Waals surface area (Å²) in [6, 6.07) is 1.90. The number of carbonyl (C=O) groups is 2. The van der Waals surface area contributed by atoms with Crippen LogP contribution in [0.25, 0.3) is 11.4 Å². The number of aliphatic carboxylic acids is 1. The van der Waals surface area contributed by atoms with Crippen LogP contribution >= 0.6 is 11.3 Å². The number of carbonyl (C=O) groups excluding carboxylic acids is 1. The lowest BCUT2D eigenvalue weighted by atomic mass is 10.1. The van der Waals surface area contributed by atoms with Gasteiger partial charge in [0.2, 0.25) is 17.6 Å². The van der Waals surface area contributed by atoms with E-state index in [4.69, 9.17) is 9.63 Å². The number of rotatable bonds is 7. The van der Waals surface area contributed by atoms with Crippen LogP contribution in [0.1, 0.15) is 25.2 Å². The molecule has 2 aromatic rings. The molecule has 0 radical (unpaired) electrons. The Hall–Kier alpha value is -2.22. The summed E-state index contributed by atoms with van der Waals surface area (Å²) in [7, 11) is 0. The van der Waals surface area contributed by atoms with Gasteiger partial charge in [-0.3, -0.25) is 9.59 Å². The van der Waals surface area contributed by atoms with Gasteiger partial charge in [0.05, 0.1) is 5.41 Å². The molecule has 22 heavy (non-hydrogen) atoms. The van der Waals surface area contributed by atoms with E-state index >= 15 is 0 Å². The molecule has 0 spiro atoms. The molecule has 1 saturated carbocycles. The molecule has 7 nitrogen and oxygen atoms in total. The van der Waals surface area contributed by atoms with Crippen LogP contribution in [0, 0.1) is 5.41 Å². The van der Waals surface area contributed by atoms with Crippen molar-refractivity contribution in [3.63, 3.8) is 0 Å². The predicted molar refractivity (Wildman–Crippen MR) is 78.2 cm³/mol. The quantitative estimate of drug-likeness (QED) is 0.804. The summed E-state index contributed by atoms with van der Waals surface area (Å²) in [6.07, 6.45) is 1.77. The van der Waals surface area contributed by atoms with Crippen molar-refractivity contribution in [3.05, 3.63) is 22.7 Å². The summed E-state index contributed by atoms with van der Waals surface area (Å²) >= 11 is 1.55. The lowest BCUT2D eigenvalue weighted by molar-refractivity contribution is -0.143. The molecular formula is C14H15N3O4S. The summed E-state index contributed by atoms with van der Waals surface area (Å²) in [5.74, 6) is -0.136. The Morgan fingerprint density at radius 2 is 2.27 bits per heavy atom. The molecule has 0 saturated heterocycles. The Balaban J connectivity index is 1.46.